The number of fused-ring (bicyclic) bond motifs is 1. The number of halogens is 1. The molecule has 0 spiro atoms. The third-order valence-corrected chi connectivity index (χ3v) is 4.46. The largest absolute Gasteiger partial charge is 0.295 e. The van der Waals surface area contributed by atoms with Crippen molar-refractivity contribution in [1.29, 1.82) is 0 Å². The quantitative estimate of drug-likeness (QED) is 0.834. The fourth-order valence-corrected chi connectivity index (χ4v) is 3.35. The maximum absolute atomic E-state index is 14.1. The molecule has 2 aromatic rings. The first-order chi connectivity index (χ1) is 8.65. The highest BCUT2D eigenvalue weighted by Crippen LogP contribution is 2.29. The molecule has 5 heteroatoms. The maximum atomic E-state index is 14.1. The van der Waals surface area contributed by atoms with E-state index in [2.05, 4.69) is 14.9 Å². The Morgan fingerprint density at radius 2 is 2.06 bits per heavy atom. The van der Waals surface area contributed by atoms with Gasteiger partial charge in [0, 0.05) is 0 Å². The molecule has 1 aliphatic rings. The van der Waals surface area contributed by atoms with Crippen molar-refractivity contribution in [2.45, 2.75) is 32.7 Å². The fourth-order valence-electron chi connectivity index (χ4n) is 2.56. The van der Waals surface area contributed by atoms with Crippen molar-refractivity contribution in [2.24, 2.45) is 0 Å². The number of thiazole rings is 1. The molecule has 1 aliphatic heterocycles. The molecule has 3 nitrogen and oxygen atoms in total. The molecule has 3 rings (SSSR count). The van der Waals surface area contributed by atoms with E-state index in [0.717, 1.165) is 22.8 Å². The number of hydrogen-bond acceptors (Lipinski definition) is 4. The second-order valence-electron chi connectivity index (χ2n) is 4.83. The highest BCUT2D eigenvalue weighted by Gasteiger charge is 2.24. The molecule has 96 valence electrons. The van der Waals surface area contributed by atoms with Crippen molar-refractivity contribution in [3.05, 3.63) is 22.6 Å². The zero-order chi connectivity index (χ0) is 12.7. The lowest BCUT2D eigenvalue weighted by Crippen LogP contribution is -2.24. The van der Waals surface area contributed by atoms with E-state index in [1.807, 2.05) is 13.8 Å². The summed E-state index contributed by atoms with van der Waals surface area (Å²) in [4.78, 5) is 11.1. The summed E-state index contributed by atoms with van der Waals surface area (Å²) in [5, 5.41) is 0.933. The van der Waals surface area contributed by atoms with Gasteiger partial charge in [-0.25, -0.2) is 14.4 Å². The van der Waals surface area contributed by atoms with Crippen molar-refractivity contribution in [3.63, 3.8) is 0 Å². The smallest absolute Gasteiger partial charge is 0.171 e. The second-order valence-corrected chi connectivity index (χ2v) is 6.06. The molecule has 0 aromatic carbocycles. The van der Waals surface area contributed by atoms with Crippen molar-refractivity contribution < 1.29 is 4.39 Å². The highest BCUT2D eigenvalue weighted by atomic mass is 32.1. The average molecular weight is 265 g/mol. The van der Waals surface area contributed by atoms with E-state index in [-0.39, 0.29) is 11.9 Å². The summed E-state index contributed by atoms with van der Waals surface area (Å²) >= 11 is 1.49. The number of aryl methyl sites for hydroxylation is 1. The number of aromatic nitrogens is 2. The second kappa shape index (κ2) is 4.55. The van der Waals surface area contributed by atoms with E-state index in [4.69, 9.17) is 0 Å². The third-order valence-electron chi connectivity index (χ3n) is 3.55. The first-order valence-electron chi connectivity index (χ1n) is 6.33. The summed E-state index contributed by atoms with van der Waals surface area (Å²) in [7, 11) is 0. The summed E-state index contributed by atoms with van der Waals surface area (Å²) < 4.78 is 15.0. The lowest BCUT2D eigenvalue weighted by Gasteiger charge is -2.23. The van der Waals surface area contributed by atoms with Crippen molar-refractivity contribution >= 4 is 21.7 Å². The maximum Gasteiger partial charge on any atom is 0.171 e. The molecular weight excluding hydrogens is 249 g/mol. The van der Waals surface area contributed by atoms with E-state index >= 15 is 0 Å². The molecule has 0 bridgehead atoms. The molecule has 0 unspecified atom stereocenters. The minimum Gasteiger partial charge on any atom is -0.295 e. The number of hydrogen-bond donors (Lipinski definition) is 0. The average Bonchev–Trinajstić information content (AvgIpc) is 2.94. The van der Waals surface area contributed by atoms with Crippen LogP contribution in [0.4, 0.5) is 4.39 Å². The van der Waals surface area contributed by atoms with Crippen LogP contribution in [-0.4, -0.2) is 28.0 Å². The Morgan fingerprint density at radius 3 is 2.78 bits per heavy atom. The Hall–Kier alpha value is -1.07. The lowest BCUT2D eigenvalue weighted by atomic mass is 10.2. The van der Waals surface area contributed by atoms with Gasteiger partial charge in [0.05, 0.1) is 21.4 Å². The van der Waals surface area contributed by atoms with E-state index in [9.17, 15) is 4.39 Å². The molecule has 0 saturated carbocycles. The zero-order valence-electron chi connectivity index (χ0n) is 10.6. The first-order valence-corrected chi connectivity index (χ1v) is 7.14. The van der Waals surface area contributed by atoms with Crippen LogP contribution in [0.15, 0.2) is 6.07 Å². The van der Waals surface area contributed by atoms with E-state index < -0.39 is 0 Å². The van der Waals surface area contributed by atoms with Crippen molar-refractivity contribution in [3.8, 4) is 0 Å². The lowest BCUT2D eigenvalue weighted by molar-refractivity contribution is 0.253. The van der Waals surface area contributed by atoms with Crippen LogP contribution in [0, 0.1) is 12.7 Å². The van der Waals surface area contributed by atoms with Crippen LogP contribution in [0.3, 0.4) is 0 Å². The molecular formula is C13H16FN3S. The van der Waals surface area contributed by atoms with Gasteiger partial charge in [0.15, 0.2) is 5.65 Å². The van der Waals surface area contributed by atoms with Crippen LogP contribution in [-0.2, 0) is 0 Å². The standard InChI is InChI=1S/C13H16FN3S/c1-8(17-5-3-4-6-17)12-10(14)7-11-13(16-12)15-9(2)18-11/h7-8H,3-6H2,1-2H3/t8-/m0/s1. The van der Waals surface area contributed by atoms with Crippen LogP contribution in [0.5, 0.6) is 0 Å². The summed E-state index contributed by atoms with van der Waals surface area (Å²) in [6, 6.07) is 1.62. The van der Waals surface area contributed by atoms with Gasteiger partial charge in [-0.05, 0) is 45.8 Å². The molecule has 0 amide bonds. The van der Waals surface area contributed by atoms with Gasteiger partial charge in [0.25, 0.3) is 0 Å². The molecule has 1 saturated heterocycles. The van der Waals surface area contributed by atoms with Crippen LogP contribution in [0.1, 0.15) is 36.5 Å². The van der Waals surface area contributed by atoms with Crippen molar-refractivity contribution in [2.75, 3.05) is 13.1 Å². The fraction of sp³-hybridized carbons (Fsp3) is 0.538. The van der Waals surface area contributed by atoms with Gasteiger partial charge in [-0.1, -0.05) is 0 Å². The van der Waals surface area contributed by atoms with Gasteiger partial charge in [0.1, 0.15) is 5.82 Å². The van der Waals surface area contributed by atoms with Gasteiger partial charge in [-0.2, -0.15) is 0 Å². The Balaban J connectivity index is 2.01. The summed E-state index contributed by atoms with van der Waals surface area (Å²) in [6.45, 7) is 6.03. The zero-order valence-corrected chi connectivity index (χ0v) is 11.4. The predicted octanol–water partition coefficient (Wildman–Crippen LogP) is 3.30. The molecule has 0 radical (unpaired) electrons. The third kappa shape index (κ3) is 2.01. The van der Waals surface area contributed by atoms with E-state index in [1.165, 1.54) is 24.2 Å². The number of likely N-dealkylation sites (tertiary alicyclic amines) is 1. The summed E-state index contributed by atoms with van der Waals surface area (Å²) in [5.41, 5.74) is 1.22. The van der Waals surface area contributed by atoms with Crippen LogP contribution < -0.4 is 0 Å². The number of rotatable bonds is 2. The number of nitrogens with zero attached hydrogens (tertiary/aromatic N) is 3. The molecule has 1 fully saturated rings. The normalized spacial score (nSPS) is 18.6. The van der Waals surface area contributed by atoms with Crippen LogP contribution >= 0.6 is 11.3 Å². The SMILES string of the molecule is Cc1nc2nc([C@H](C)N3CCCC3)c(F)cc2s1. The predicted molar refractivity (Wildman–Crippen MR) is 71.3 cm³/mol. The Labute approximate surface area is 110 Å². The summed E-state index contributed by atoms with van der Waals surface area (Å²) in [6.07, 6.45) is 2.40. The van der Waals surface area contributed by atoms with Gasteiger partial charge in [0.2, 0.25) is 0 Å². The van der Waals surface area contributed by atoms with E-state index in [0.29, 0.717) is 11.3 Å². The number of pyridine rings is 1. The monoisotopic (exact) mass is 265 g/mol. The molecule has 0 aliphatic carbocycles. The van der Waals surface area contributed by atoms with Gasteiger partial charge in [-0.3, -0.25) is 4.90 Å². The van der Waals surface area contributed by atoms with E-state index in [1.54, 1.807) is 6.07 Å². The highest BCUT2D eigenvalue weighted by molar-refractivity contribution is 7.18. The summed E-state index contributed by atoms with van der Waals surface area (Å²) in [5.74, 6) is -0.203. The minimum absolute atomic E-state index is 0.0407. The molecule has 1 atom stereocenters. The Bertz CT molecular complexity index is 575. The van der Waals surface area contributed by atoms with Gasteiger partial charge >= 0.3 is 0 Å². The Kier molecular flexibility index (Phi) is 3.03. The Morgan fingerprint density at radius 1 is 1.33 bits per heavy atom. The topological polar surface area (TPSA) is 29.0 Å². The molecule has 18 heavy (non-hydrogen) atoms. The molecule has 2 aromatic heterocycles. The van der Waals surface area contributed by atoms with Gasteiger partial charge in [-0.15, -0.1) is 11.3 Å². The van der Waals surface area contributed by atoms with Crippen molar-refractivity contribution in [1.82, 2.24) is 14.9 Å². The van der Waals surface area contributed by atoms with Crippen LogP contribution in [0.25, 0.3) is 10.3 Å². The molecule has 3 heterocycles. The first kappa shape index (κ1) is 12.0. The molecule has 0 N–H and O–H groups in total. The van der Waals surface area contributed by atoms with Gasteiger partial charge < -0.3 is 0 Å². The van der Waals surface area contributed by atoms with Crippen LogP contribution in [0.2, 0.25) is 0 Å². The minimum atomic E-state index is -0.203.